The van der Waals surface area contributed by atoms with Crippen LogP contribution in [0.25, 0.3) is 0 Å². The third-order valence-corrected chi connectivity index (χ3v) is 4.84. The van der Waals surface area contributed by atoms with Gasteiger partial charge < -0.3 is 9.47 Å². The second-order valence-electron chi connectivity index (χ2n) is 6.34. The Morgan fingerprint density at radius 2 is 1.79 bits per heavy atom. The third kappa shape index (κ3) is 2.89. The maximum Gasteiger partial charge on any atom is 0.231 e. The summed E-state index contributed by atoms with van der Waals surface area (Å²) in [5.74, 6) is 1.45. The molecule has 0 aromatic heterocycles. The molecule has 24 heavy (non-hydrogen) atoms. The van der Waals surface area contributed by atoms with Crippen LogP contribution in [0.2, 0.25) is 0 Å². The van der Waals surface area contributed by atoms with Crippen molar-refractivity contribution in [2.24, 2.45) is 0 Å². The number of carbonyl (C=O) groups excluding carboxylic acids is 1. The summed E-state index contributed by atoms with van der Waals surface area (Å²) in [5, 5.41) is 0. The Labute approximate surface area is 143 Å². The van der Waals surface area contributed by atoms with Gasteiger partial charge in [0.1, 0.15) is 0 Å². The highest BCUT2D eigenvalue weighted by Gasteiger charge is 2.40. The van der Waals surface area contributed by atoms with Crippen molar-refractivity contribution in [2.75, 3.05) is 20.9 Å². The van der Waals surface area contributed by atoms with Crippen LogP contribution < -0.4 is 9.47 Å². The van der Waals surface area contributed by atoms with Gasteiger partial charge in [-0.2, -0.15) is 0 Å². The minimum Gasteiger partial charge on any atom is -0.454 e. The molecule has 0 saturated heterocycles. The fourth-order valence-electron chi connectivity index (χ4n) is 3.28. The van der Waals surface area contributed by atoms with Gasteiger partial charge >= 0.3 is 0 Å². The van der Waals surface area contributed by atoms with Crippen LogP contribution in [0, 0.1) is 0 Å². The van der Waals surface area contributed by atoms with Crippen molar-refractivity contribution in [1.82, 2.24) is 4.90 Å². The smallest absolute Gasteiger partial charge is 0.231 e. The van der Waals surface area contributed by atoms with Crippen LogP contribution in [0.5, 0.6) is 11.5 Å². The molecular formula is C20H23NO3. The molecule has 3 rings (SSSR count). The monoisotopic (exact) mass is 325 g/mol. The maximum absolute atomic E-state index is 13.4. The first-order valence-electron chi connectivity index (χ1n) is 8.22. The van der Waals surface area contributed by atoms with E-state index in [-0.39, 0.29) is 12.6 Å². The summed E-state index contributed by atoms with van der Waals surface area (Å²) in [6, 6.07) is 15.6. The highest BCUT2D eigenvalue weighted by Crippen LogP contribution is 2.35. The Balaban J connectivity index is 1.97. The van der Waals surface area contributed by atoms with Gasteiger partial charge in [-0.3, -0.25) is 9.69 Å². The Morgan fingerprint density at radius 3 is 2.46 bits per heavy atom. The van der Waals surface area contributed by atoms with E-state index in [9.17, 15) is 4.79 Å². The molecule has 4 heteroatoms. The number of benzene rings is 2. The minimum absolute atomic E-state index is 0.108. The Morgan fingerprint density at radius 1 is 1.08 bits per heavy atom. The number of fused-ring (bicyclic) bond motifs is 1. The van der Waals surface area contributed by atoms with Gasteiger partial charge in [0.05, 0.1) is 5.54 Å². The minimum atomic E-state index is -0.588. The van der Waals surface area contributed by atoms with Gasteiger partial charge in [-0.25, -0.2) is 0 Å². The topological polar surface area (TPSA) is 38.8 Å². The number of nitrogens with zero attached hydrogens (tertiary/aromatic N) is 1. The fourth-order valence-corrected chi connectivity index (χ4v) is 3.28. The third-order valence-electron chi connectivity index (χ3n) is 4.84. The number of likely N-dealkylation sites (N-methyl/N-ethyl adjacent to an activating group) is 1. The summed E-state index contributed by atoms with van der Waals surface area (Å²) < 4.78 is 10.8. The lowest BCUT2D eigenvalue weighted by atomic mass is 9.80. The molecule has 0 amide bonds. The molecule has 1 aliphatic rings. The van der Waals surface area contributed by atoms with E-state index >= 15 is 0 Å². The zero-order valence-electron chi connectivity index (χ0n) is 14.4. The van der Waals surface area contributed by atoms with Gasteiger partial charge in [0.2, 0.25) is 6.79 Å². The van der Waals surface area contributed by atoms with Crippen molar-refractivity contribution in [3.63, 3.8) is 0 Å². The van der Waals surface area contributed by atoms with Gasteiger partial charge in [-0.15, -0.1) is 0 Å². The molecule has 0 bridgehead atoms. The molecule has 1 aliphatic heterocycles. The first-order chi connectivity index (χ1) is 11.6. The zero-order valence-corrected chi connectivity index (χ0v) is 14.4. The van der Waals surface area contributed by atoms with E-state index in [1.54, 1.807) is 6.07 Å². The largest absolute Gasteiger partial charge is 0.454 e. The number of rotatable bonds is 6. The van der Waals surface area contributed by atoms with E-state index in [0.29, 0.717) is 23.5 Å². The van der Waals surface area contributed by atoms with Crippen LogP contribution in [-0.4, -0.2) is 37.1 Å². The number of ether oxygens (including phenoxy) is 2. The number of carbonyl (C=O) groups is 1. The molecule has 2 aromatic carbocycles. The molecule has 1 unspecified atom stereocenters. The highest BCUT2D eigenvalue weighted by molar-refractivity contribution is 6.04. The molecule has 1 atom stereocenters. The summed E-state index contributed by atoms with van der Waals surface area (Å²) >= 11 is 0. The summed E-state index contributed by atoms with van der Waals surface area (Å²) in [4.78, 5) is 15.4. The molecular weight excluding hydrogens is 302 g/mol. The lowest BCUT2D eigenvalue weighted by molar-refractivity contribution is 0.0666. The van der Waals surface area contributed by atoms with Gasteiger partial charge in [0.25, 0.3) is 0 Å². The molecule has 0 N–H and O–H groups in total. The predicted octanol–water partition coefficient (Wildman–Crippen LogP) is 3.55. The van der Waals surface area contributed by atoms with E-state index in [2.05, 4.69) is 19.1 Å². The van der Waals surface area contributed by atoms with E-state index in [1.807, 2.05) is 49.3 Å². The standard InChI is InChI=1S/C20H23NO3/c1-4-20(21(2)3,13-15-8-6-5-7-9-15)19(22)16-10-11-17-18(12-16)24-14-23-17/h5-12H,4,13-14H2,1-3H3. The van der Waals surface area contributed by atoms with Crippen molar-refractivity contribution in [1.29, 1.82) is 0 Å². The molecule has 4 nitrogen and oxygen atoms in total. The number of hydrogen-bond acceptors (Lipinski definition) is 4. The Bertz CT molecular complexity index is 727. The zero-order chi connectivity index (χ0) is 17.2. The molecule has 0 fully saturated rings. The Kier molecular flexibility index (Phi) is 4.58. The van der Waals surface area contributed by atoms with Crippen LogP contribution >= 0.6 is 0 Å². The summed E-state index contributed by atoms with van der Waals surface area (Å²) in [6.45, 7) is 2.28. The van der Waals surface area contributed by atoms with Crippen LogP contribution in [0.3, 0.4) is 0 Å². The molecule has 1 heterocycles. The fraction of sp³-hybridized carbons (Fsp3) is 0.350. The molecule has 0 spiro atoms. The second-order valence-corrected chi connectivity index (χ2v) is 6.34. The molecule has 0 aliphatic carbocycles. The Hall–Kier alpha value is -2.33. The average molecular weight is 325 g/mol. The van der Waals surface area contributed by atoms with E-state index in [0.717, 1.165) is 12.0 Å². The highest BCUT2D eigenvalue weighted by atomic mass is 16.7. The number of hydrogen-bond donors (Lipinski definition) is 0. The first-order valence-corrected chi connectivity index (χ1v) is 8.22. The molecule has 0 saturated carbocycles. The lowest BCUT2D eigenvalue weighted by Gasteiger charge is -2.38. The van der Waals surface area contributed by atoms with Crippen molar-refractivity contribution >= 4 is 5.78 Å². The van der Waals surface area contributed by atoms with Crippen LogP contribution in [0.15, 0.2) is 48.5 Å². The van der Waals surface area contributed by atoms with Gasteiger partial charge in [0.15, 0.2) is 17.3 Å². The van der Waals surface area contributed by atoms with Crippen LogP contribution in [0.1, 0.15) is 29.3 Å². The quantitative estimate of drug-likeness (QED) is 0.761. The van der Waals surface area contributed by atoms with Crippen molar-refractivity contribution in [2.45, 2.75) is 25.3 Å². The van der Waals surface area contributed by atoms with Gasteiger partial charge in [0, 0.05) is 5.56 Å². The van der Waals surface area contributed by atoms with E-state index in [1.165, 1.54) is 0 Å². The van der Waals surface area contributed by atoms with Crippen LogP contribution in [-0.2, 0) is 6.42 Å². The maximum atomic E-state index is 13.4. The number of ketones is 1. The molecule has 0 radical (unpaired) electrons. The van der Waals surface area contributed by atoms with E-state index in [4.69, 9.17) is 9.47 Å². The summed E-state index contributed by atoms with van der Waals surface area (Å²) in [5.41, 5.74) is 1.22. The normalized spacial score (nSPS) is 15.3. The molecule has 2 aromatic rings. The van der Waals surface area contributed by atoms with Gasteiger partial charge in [-0.1, -0.05) is 37.3 Å². The lowest BCUT2D eigenvalue weighted by Crippen LogP contribution is -2.52. The molecule has 126 valence electrons. The van der Waals surface area contributed by atoms with Gasteiger partial charge in [-0.05, 0) is 50.7 Å². The average Bonchev–Trinajstić information content (AvgIpc) is 3.07. The summed E-state index contributed by atoms with van der Waals surface area (Å²) in [6.07, 6.45) is 1.40. The predicted molar refractivity (Wildman–Crippen MR) is 93.8 cm³/mol. The number of Topliss-reactive ketones (excluding diaryl/α,β-unsaturated/α-hetero) is 1. The van der Waals surface area contributed by atoms with Crippen LogP contribution in [0.4, 0.5) is 0 Å². The van der Waals surface area contributed by atoms with Crippen molar-refractivity contribution in [3.8, 4) is 11.5 Å². The van der Waals surface area contributed by atoms with Crippen molar-refractivity contribution < 1.29 is 14.3 Å². The summed E-state index contributed by atoms with van der Waals surface area (Å²) in [7, 11) is 3.94. The van der Waals surface area contributed by atoms with E-state index < -0.39 is 5.54 Å². The van der Waals surface area contributed by atoms with Crippen molar-refractivity contribution in [3.05, 3.63) is 59.7 Å². The first kappa shape index (κ1) is 16.5. The second kappa shape index (κ2) is 6.65. The SMILES string of the molecule is CCC(Cc1ccccc1)(C(=O)c1ccc2c(c1)OCO2)N(C)C.